The molecule has 0 bridgehead atoms. The van der Waals surface area contributed by atoms with Crippen molar-refractivity contribution in [1.29, 1.82) is 0 Å². The summed E-state index contributed by atoms with van der Waals surface area (Å²) < 4.78 is 0. The first-order valence-corrected chi connectivity index (χ1v) is 10.3. The van der Waals surface area contributed by atoms with Crippen molar-refractivity contribution >= 4 is 23.1 Å². The molecule has 1 amide bonds. The summed E-state index contributed by atoms with van der Waals surface area (Å²) >= 11 is 0. The molecule has 2 aromatic carbocycles. The minimum absolute atomic E-state index is 0.0150. The topological polar surface area (TPSA) is 110 Å². The Balaban J connectivity index is 1.94. The van der Waals surface area contributed by atoms with E-state index < -0.39 is 10.8 Å². The number of phenols is 1. The maximum Gasteiger partial charge on any atom is 0.269 e. The van der Waals surface area contributed by atoms with Gasteiger partial charge in [0.2, 0.25) is 0 Å². The van der Waals surface area contributed by atoms with Crippen LogP contribution >= 0.6 is 0 Å². The summed E-state index contributed by atoms with van der Waals surface area (Å²) in [4.78, 5) is 35.1. The van der Waals surface area contributed by atoms with Crippen LogP contribution in [0.5, 0.6) is 5.75 Å². The van der Waals surface area contributed by atoms with Gasteiger partial charge >= 0.3 is 0 Å². The van der Waals surface area contributed by atoms with E-state index in [2.05, 4.69) is 12.2 Å². The van der Waals surface area contributed by atoms with E-state index in [1.54, 1.807) is 0 Å². The van der Waals surface area contributed by atoms with Crippen LogP contribution in [0, 0.1) is 10.1 Å². The van der Waals surface area contributed by atoms with Crippen LogP contribution in [0.4, 0.5) is 11.4 Å². The average Bonchev–Trinajstić information content (AvgIpc) is 2.73. The van der Waals surface area contributed by atoms with E-state index in [-0.39, 0.29) is 22.8 Å². The second-order valence-electron chi connectivity index (χ2n) is 7.28. The highest BCUT2D eigenvalue weighted by molar-refractivity contribution is 6.08. The van der Waals surface area contributed by atoms with Gasteiger partial charge in [-0.15, -0.1) is 0 Å². The maximum absolute atomic E-state index is 12.5. The van der Waals surface area contributed by atoms with E-state index in [1.807, 2.05) is 0 Å². The molecule has 0 saturated carbocycles. The van der Waals surface area contributed by atoms with Gasteiger partial charge in [-0.2, -0.15) is 0 Å². The summed E-state index contributed by atoms with van der Waals surface area (Å²) in [5.41, 5.74) is 0.630. The number of amides is 1. The van der Waals surface area contributed by atoms with Gasteiger partial charge in [-0.05, 0) is 36.8 Å². The smallest absolute Gasteiger partial charge is 0.269 e. The van der Waals surface area contributed by atoms with Gasteiger partial charge in [0.1, 0.15) is 5.75 Å². The number of carbonyl (C=O) groups is 2. The lowest BCUT2D eigenvalue weighted by Crippen LogP contribution is -2.13. The van der Waals surface area contributed by atoms with Crippen molar-refractivity contribution < 1.29 is 19.6 Å². The van der Waals surface area contributed by atoms with Gasteiger partial charge in [-0.3, -0.25) is 19.7 Å². The fourth-order valence-corrected chi connectivity index (χ4v) is 3.14. The molecule has 7 heteroatoms. The first-order chi connectivity index (χ1) is 14.4. The van der Waals surface area contributed by atoms with Gasteiger partial charge in [0.15, 0.2) is 5.78 Å². The number of ketones is 1. The molecule has 0 radical (unpaired) electrons. The van der Waals surface area contributed by atoms with E-state index in [0.717, 1.165) is 19.3 Å². The van der Waals surface area contributed by atoms with Crippen molar-refractivity contribution in [2.24, 2.45) is 0 Å². The predicted octanol–water partition coefficient (Wildman–Crippen LogP) is 5.88. The average molecular weight is 412 g/mol. The molecule has 2 aromatic rings. The van der Waals surface area contributed by atoms with Gasteiger partial charge in [0, 0.05) is 29.8 Å². The molecule has 0 aliphatic rings. The lowest BCUT2D eigenvalue weighted by atomic mass is 10.0. The summed E-state index contributed by atoms with van der Waals surface area (Å²) in [7, 11) is 0. The Morgan fingerprint density at radius 3 is 2.23 bits per heavy atom. The number of hydrogen-bond acceptors (Lipinski definition) is 5. The first kappa shape index (κ1) is 23.1. The number of nitro groups is 1. The number of aromatic hydroxyl groups is 1. The zero-order valence-corrected chi connectivity index (χ0v) is 17.2. The van der Waals surface area contributed by atoms with Gasteiger partial charge in [0.05, 0.1) is 10.5 Å². The van der Waals surface area contributed by atoms with Crippen molar-refractivity contribution in [3.8, 4) is 5.75 Å². The number of phenolic OH excluding ortho intramolecular Hbond substituents is 1. The highest BCUT2D eigenvalue weighted by Gasteiger charge is 2.16. The monoisotopic (exact) mass is 412 g/mol. The molecular weight excluding hydrogens is 384 g/mol. The zero-order chi connectivity index (χ0) is 21.9. The number of non-ortho nitro benzene ring substituents is 1. The zero-order valence-electron chi connectivity index (χ0n) is 17.2. The Morgan fingerprint density at radius 2 is 1.60 bits per heavy atom. The molecule has 160 valence electrons. The Morgan fingerprint density at radius 1 is 0.967 bits per heavy atom. The molecule has 30 heavy (non-hydrogen) atoms. The summed E-state index contributed by atoms with van der Waals surface area (Å²) in [6, 6.07) is 9.60. The van der Waals surface area contributed by atoms with Gasteiger partial charge in [-0.1, -0.05) is 45.4 Å². The Hall–Kier alpha value is -3.22. The number of nitrogens with zero attached hydrogens (tertiary/aromatic N) is 1. The molecule has 0 aliphatic carbocycles. The SMILES string of the molecule is CCCCCCCCCC(=O)c1ccc(O)c(C(=O)Nc2ccc([N+](=O)[O-])cc2)c1. The van der Waals surface area contributed by atoms with Gasteiger partial charge in [0.25, 0.3) is 11.6 Å². The van der Waals surface area contributed by atoms with E-state index in [9.17, 15) is 24.8 Å². The van der Waals surface area contributed by atoms with E-state index >= 15 is 0 Å². The lowest BCUT2D eigenvalue weighted by molar-refractivity contribution is -0.384. The van der Waals surface area contributed by atoms with Crippen LogP contribution < -0.4 is 5.32 Å². The number of benzene rings is 2. The second kappa shape index (κ2) is 11.7. The summed E-state index contributed by atoms with van der Waals surface area (Å²) in [6.45, 7) is 2.18. The third kappa shape index (κ3) is 6.99. The van der Waals surface area contributed by atoms with Crippen molar-refractivity contribution in [1.82, 2.24) is 0 Å². The van der Waals surface area contributed by atoms with Crippen LogP contribution in [0.3, 0.4) is 0 Å². The fourth-order valence-electron chi connectivity index (χ4n) is 3.14. The fraction of sp³-hybridized carbons (Fsp3) is 0.391. The van der Waals surface area contributed by atoms with Crippen molar-refractivity contribution in [2.45, 2.75) is 58.3 Å². The molecule has 0 aliphatic heterocycles. The highest BCUT2D eigenvalue weighted by atomic mass is 16.6. The molecule has 0 unspecified atom stereocenters. The number of carbonyl (C=O) groups excluding carboxylic acids is 2. The lowest BCUT2D eigenvalue weighted by Gasteiger charge is -2.09. The minimum atomic E-state index is -0.591. The standard InChI is InChI=1S/C23H28N2O5/c1-2-3-4-5-6-7-8-9-21(26)17-10-15-22(27)20(16-17)23(28)24-18-11-13-19(14-12-18)25(29)30/h10-16,27H,2-9H2,1H3,(H,24,28). The number of Topliss-reactive ketones (excluding diaryl/α,β-unsaturated/α-hetero) is 1. The number of nitrogens with one attached hydrogen (secondary N) is 1. The van der Waals surface area contributed by atoms with Crippen LogP contribution in [-0.2, 0) is 0 Å². The van der Waals surface area contributed by atoms with Crippen LogP contribution in [-0.4, -0.2) is 21.7 Å². The highest BCUT2D eigenvalue weighted by Crippen LogP contribution is 2.23. The Labute approximate surface area is 176 Å². The molecule has 0 fully saturated rings. The molecule has 0 aromatic heterocycles. The number of unbranched alkanes of at least 4 members (excludes halogenated alkanes) is 6. The van der Waals surface area contributed by atoms with E-state index in [0.29, 0.717) is 17.7 Å². The Kier molecular flexibility index (Phi) is 9.00. The summed E-state index contributed by atoms with van der Waals surface area (Å²) in [5.74, 6) is -0.887. The second-order valence-corrected chi connectivity index (χ2v) is 7.28. The predicted molar refractivity (Wildman–Crippen MR) is 116 cm³/mol. The number of nitro benzene ring substituents is 1. The van der Waals surface area contributed by atoms with Crippen LogP contribution in [0.15, 0.2) is 42.5 Å². The summed E-state index contributed by atoms with van der Waals surface area (Å²) in [6.07, 6.45) is 8.20. The van der Waals surface area contributed by atoms with Crippen LogP contribution in [0.1, 0.15) is 79.0 Å². The van der Waals surface area contributed by atoms with Crippen LogP contribution in [0.25, 0.3) is 0 Å². The van der Waals surface area contributed by atoms with Gasteiger partial charge < -0.3 is 10.4 Å². The van der Waals surface area contributed by atoms with Crippen LogP contribution in [0.2, 0.25) is 0 Å². The first-order valence-electron chi connectivity index (χ1n) is 10.3. The Bertz CT molecular complexity index is 878. The quantitative estimate of drug-likeness (QED) is 0.196. The largest absolute Gasteiger partial charge is 0.507 e. The molecule has 2 N–H and O–H groups in total. The molecule has 0 heterocycles. The molecule has 2 rings (SSSR count). The molecule has 0 atom stereocenters. The van der Waals surface area contributed by atoms with Crippen molar-refractivity contribution in [3.63, 3.8) is 0 Å². The molecule has 0 saturated heterocycles. The minimum Gasteiger partial charge on any atom is -0.507 e. The van der Waals surface area contributed by atoms with Crippen molar-refractivity contribution in [2.75, 3.05) is 5.32 Å². The van der Waals surface area contributed by atoms with E-state index in [4.69, 9.17) is 0 Å². The molecule has 7 nitrogen and oxygen atoms in total. The third-order valence-corrected chi connectivity index (χ3v) is 4.91. The van der Waals surface area contributed by atoms with Gasteiger partial charge in [-0.25, -0.2) is 0 Å². The van der Waals surface area contributed by atoms with E-state index in [1.165, 1.54) is 68.1 Å². The number of hydrogen-bond donors (Lipinski definition) is 2. The molecule has 0 spiro atoms. The maximum atomic E-state index is 12.5. The third-order valence-electron chi connectivity index (χ3n) is 4.91. The number of rotatable bonds is 12. The summed E-state index contributed by atoms with van der Waals surface area (Å²) in [5, 5.41) is 23.3. The van der Waals surface area contributed by atoms with Crippen molar-refractivity contribution in [3.05, 3.63) is 63.7 Å². The normalized spacial score (nSPS) is 10.6. The number of anilines is 1. The molecular formula is C23H28N2O5.